The Morgan fingerprint density at radius 2 is 1.80 bits per heavy atom. The first kappa shape index (κ1) is 13.6. The number of halogens is 5. The number of hydrogen-bond donors (Lipinski definition) is 2. The van der Waals surface area contributed by atoms with Gasteiger partial charge in [-0.3, -0.25) is 4.79 Å². The van der Waals surface area contributed by atoms with Gasteiger partial charge in [0.1, 0.15) is 6.04 Å². The number of carboxylic acid groups (broad SMARTS) is 1. The highest BCUT2D eigenvalue weighted by Gasteiger charge is 2.58. The summed E-state index contributed by atoms with van der Waals surface area (Å²) < 4.78 is 59.6. The first-order valence-electron chi connectivity index (χ1n) is 3.49. The third kappa shape index (κ3) is 3.68. The molecule has 0 radical (unpaired) electrons. The summed E-state index contributed by atoms with van der Waals surface area (Å²) in [6.45, 7) is 0. The van der Waals surface area contributed by atoms with Crippen molar-refractivity contribution in [2.75, 3.05) is 0 Å². The summed E-state index contributed by atoms with van der Waals surface area (Å²) in [5.41, 5.74) is 0. The SMILES string of the molecule is O=CNC(CC(F)(F)C(F)(F)F)C(=O)O. The summed E-state index contributed by atoms with van der Waals surface area (Å²) in [6, 6.07) is -2.28. The van der Waals surface area contributed by atoms with Crippen LogP contribution >= 0.6 is 0 Å². The molecule has 0 aliphatic carbocycles. The van der Waals surface area contributed by atoms with E-state index >= 15 is 0 Å². The van der Waals surface area contributed by atoms with Gasteiger partial charge in [-0.05, 0) is 0 Å². The zero-order valence-electron chi connectivity index (χ0n) is 7.02. The van der Waals surface area contributed by atoms with Crippen molar-refractivity contribution in [1.82, 2.24) is 5.32 Å². The number of rotatable bonds is 5. The molecule has 0 saturated heterocycles. The van der Waals surface area contributed by atoms with Crippen molar-refractivity contribution in [2.45, 2.75) is 24.6 Å². The quantitative estimate of drug-likeness (QED) is 0.546. The predicted molar refractivity (Wildman–Crippen MR) is 36.2 cm³/mol. The van der Waals surface area contributed by atoms with Crippen LogP contribution in [0.5, 0.6) is 0 Å². The molecule has 4 nitrogen and oxygen atoms in total. The second-order valence-electron chi connectivity index (χ2n) is 2.58. The smallest absolute Gasteiger partial charge is 0.453 e. The monoisotopic (exact) mass is 235 g/mol. The summed E-state index contributed by atoms with van der Waals surface area (Å²) in [4.78, 5) is 19.9. The highest BCUT2D eigenvalue weighted by molar-refractivity contribution is 5.76. The summed E-state index contributed by atoms with van der Waals surface area (Å²) in [5.74, 6) is -7.13. The fourth-order valence-electron chi connectivity index (χ4n) is 0.672. The molecule has 0 bridgehead atoms. The third-order valence-corrected chi connectivity index (χ3v) is 1.44. The van der Waals surface area contributed by atoms with E-state index in [9.17, 15) is 31.5 Å². The van der Waals surface area contributed by atoms with Crippen molar-refractivity contribution >= 4 is 12.4 Å². The standard InChI is InChI=1S/C6H6F5NO3/c7-5(8,6(9,10)11)1-3(4(14)15)12-2-13/h2-3H,1H2,(H,12,13)(H,14,15). The Bertz CT molecular complexity index is 252. The number of aliphatic carboxylic acids is 1. The molecule has 1 unspecified atom stereocenters. The van der Waals surface area contributed by atoms with Crippen LogP contribution in [0.1, 0.15) is 6.42 Å². The van der Waals surface area contributed by atoms with Crippen LogP contribution in [0.3, 0.4) is 0 Å². The first-order valence-corrected chi connectivity index (χ1v) is 3.49. The summed E-state index contributed by atoms with van der Waals surface area (Å²) in [6.07, 6.45) is -8.14. The molecule has 0 aromatic carbocycles. The van der Waals surface area contributed by atoms with E-state index in [4.69, 9.17) is 5.11 Å². The van der Waals surface area contributed by atoms with Crippen molar-refractivity contribution in [1.29, 1.82) is 0 Å². The predicted octanol–water partition coefficient (Wildman–Crippen LogP) is 0.773. The van der Waals surface area contributed by atoms with Crippen LogP contribution in [0.15, 0.2) is 0 Å². The molecule has 0 aliphatic rings. The molecule has 88 valence electrons. The first-order chi connectivity index (χ1) is 6.62. The number of carboxylic acids is 1. The molecule has 0 aromatic rings. The highest BCUT2D eigenvalue weighted by atomic mass is 19.4. The second kappa shape index (κ2) is 4.41. The van der Waals surface area contributed by atoms with E-state index in [2.05, 4.69) is 0 Å². The van der Waals surface area contributed by atoms with Gasteiger partial charge in [0, 0.05) is 0 Å². The molecular weight excluding hydrogens is 229 g/mol. The second-order valence-corrected chi connectivity index (χ2v) is 2.58. The summed E-state index contributed by atoms with van der Waals surface area (Å²) in [5, 5.41) is 9.56. The van der Waals surface area contributed by atoms with Gasteiger partial charge in [0.2, 0.25) is 6.41 Å². The highest BCUT2D eigenvalue weighted by Crippen LogP contribution is 2.38. The molecule has 15 heavy (non-hydrogen) atoms. The van der Waals surface area contributed by atoms with Crippen LogP contribution < -0.4 is 5.32 Å². The van der Waals surface area contributed by atoms with Gasteiger partial charge in [-0.15, -0.1) is 0 Å². The van der Waals surface area contributed by atoms with E-state index in [0.717, 1.165) is 0 Å². The summed E-state index contributed by atoms with van der Waals surface area (Å²) in [7, 11) is 0. The zero-order valence-corrected chi connectivity index (χ0v) is 7.02. The van der Waals surface area contributed by atoms with Gasteiger partial charge in [-0.2, -0.15) is 22.0 Å². The van der Waals surface area contributed by atoms with E-state index in [1.165, 1.54) is 5.32 Å². The molecular formula is C6H6F5NO3. The maximum absolute atomic E-state index is 12.3. The minimum Gasteiger partial charge on any atom is -0.480 e. The Kier molecular flexibility index (Phi) is 3.99. The van der Waals surface area contributed by atoms with Crippen molar-refractivity contribution < 1.29 is 36.6 Å². The fourth-order valence-corrected chi connectivity index (χ4v) is 0.672. The molecule has 2 N–H and O–H groups in total. The van der Waals surface area contributed by atoms with Crippen LogP contribution in [0.4, 0.5) is 22.0 Å². The van der Waals surface area contributed by atoms with Crippen LogP contribution in [0, 0.1) is 0 Å². The lowest BCUT2D eigenvalue weighted by Crippen LogP contribution is -2.46. The van der Waals surface area contributed by atoms with Gasteiger partial charge >= 0.3 is 18.1 Å². The maximum atomic E-state index is 12.3. The normalized spacial score (nSPS) is 14.5. The van der Waals surface area contributed by atoms with Gasteiger partial charge in [0.05, 0.1) is 6.42 Å². The Labute approximate surface area is 80.1 Å². The molecule has 0 aliphatic heterocycles. The molecule has 1 amide bonds. The Morgan fingerprint density at radius 3 is 2.07 bits per heavy atom. The van der Waals surface area contributed by atoms with Gasteiger partial charge in [-0.25, -0.2) is 4.79 Å². The number of alkyl halides is 5. The number of carbonyl (C=O) groups excluding carboxylic acids is 1. The third-order valence-electron chi connectivity index (χ3n) is 1.44. The minimum atomic E-state index is -5.84. The van der Waals surface area contributed by atoms with Crippen molar-refractivity contribution in [3.8, 4) is 0 Å². The van der Waals surface area contributed by atoms with E-state index in [1.807, 2.05) is 0 Å². The lowest BCUT2D eigenvalue weighted by atomic mass is 10.1. The van der Waals surface area contributed by atoms with Gasteiger partial charge in [-0.1, -0.05) is 0 Å². The lowest BCUT2D eigenvalue weighted by molar-refractivity contribution is -0.285. The zero-order chi connectivity index (χ0) is 12.3. The molecule has 0 saturated carbocycles. The Hall–Kier alpha value is -1.41. The van der Waals surface area contributed by atoms with Gasteiger partial charge in [0.25, 0.3) is 0 Å². The number of nitrogens with one attached hydrogen (secondary N) is 1. The van der Waals surface area contributed by atoms with Crippen LogP contribution in [-0.4, -0.2) is 35.6 Å². The van der Waals surface area contributed by atoms with Crippen LogP contribution in [0.2, 0.25) is 0 Å². The average Bonchev–Trinajstić information content (AvgIpc) is 2.00. The van der Waals surface area contributed by atoms with E-state index in [1.54, 1.807) is 0 Å². The van der Waals surface area contributed by atoms with Gasteiger partial charge in [0.15, 0.2) is 0 Å². The molecule has 0 fully saturated rings. The Morgan fingerprint density at radius 1 is 1.33 bits per heavy atom. The number of carbonyl (C=O) groups is 2. The van der Waals surface area contributed by atoms with Crippen molar-refractivity contribution in [3.05, 3.63) is 0 Å². The van der Waals surface area contributed by atoms with Crippen molar-refractivity contribution in [3.63, 3.8) is 0 Å². The molecule has 0 heterocycles. The molecule has 0 rings (SSSR count). The molecule has 9 heteroatoms. The molecule has 1 atom stereocenters. The van der Waals surface area contributed by atoms with Crippen LogP contribution in [0.25, 0.3) is 0 Å². The topological polar surface area (TPSA) is 66.4 Å². The number of hydrogen-bond acceptors (Lipinski definition) is 2. The van der Waals surface area contributed by atoms with E-state index in [-0.39, 0.29) is 6.41 Å². The summed E-state index contributed by atoms with van der Waals surface area (Å²) >= 11 is 0. The largest absolute Gasteiger partial charge is 0.480 e. The minimum absolute atomic E-state index is 0.259. The molecule has 0 aromatic heterocycles. The van der Waals surface area contributed by atoms with Crippen molar-refractivity contribution in [2.24, 2.45) is 0 Å². The Balaban J connectivity index is 4.66. The lowest BCUT2D eigenvalue weighted by Gasteiger charge is -2.22. The maximum Gasteiger partial charge on any atom is 0.453 e. The fraction of sp³-hybridized carbons (Fsp3) is 0.667. The van der Waals surface area contributed by atoms with E-state index < -0.39 is 30.5 Å². The molecule has 0 spiro atoms. The van der Waals surface area contributed by atoms with E-state index in [0.29, 0.717) is 0 Å². The van der Waals surface area contributed by atoms with Gasteiger partial charge < -0.3 is 10.4 Å². The van der Waals surface area contributed by atoms with Crippen LogP contribution in [-0.2, 0) is 9.59 Å². The average molecular weight is 235 g/mol. The number of amides is 1.